The second kappa shape index (κ2) is 22.3. The van der Waals surface area contributed by atoms with E-state index in [1.807, 2.05) is 0 Å². The Morgan fingerprint density at radius 3 is 1.14 bits per heavy atom. The highest BCUT2D eigenvalue weighted by molar-refractivity contribution is 5.82. The van der Waals surface area contributed by atoms with Crippen LogP contribution in [0.15, 0.2) is 50.6 Å². The van der Waals surface area contributed by atoms with Crippen molar-refractivity contribution in [1.29, 1.82) is 0 Å². The van der Waals surface area contributed by atoms with Crippen LogP contribution >= 0.6 is 0 Å². The Morgan fingerprint density at radius 2 is 0.778 bits per heavy atom. The van der Waals surface area contributed by atoms with Crippen LogP contribution in [0.25, 0.3) is 0 Å². The van der Waals surface area contributed by atoms with Gasteiger partial charge in [0.05, 0.1) is 13.2 Å². The molecule has 2 atom stereocenters. The second-order valence-electron chi connectivity index (χ2n) is 8.22. The maximum absolute atomic E-state index is 11.9. The Balaban J connectivity index is 4.54. The highest BCUT2D eigenvalue weighted by atomic mass is 16.6. The van der Waals surface area contributed by atoms with E-state index in [4.69, 9.17) is 18.9 Å². The monoisotopic (exact) mass is 506 g/mol. The number of ether oxygens (including phenoxy) is 4. The Bertz CT molecular complexity index is 712. The third-order valence-electron chi connectivity index (χ3n) is 5.37. The summed E-state index contributed by atoms with van der Waals surface area (Å²) in [6, 6.07) is 0. The van der Waals surface area contributed by atoms with Crippen LogP contribution in [0.4, 0.5) is 0 Å². The van der Waals surface area contributed by atoms with Crippen LogP contribution in [-0.4, -0.2) is 49.3 Å². The molecule has 0 saturated heterocycles. The Morgan fingerprint density at radius 1 is 0.472 bits per heavy atom. The molecule has 0 rings (SSSR count). The van der Waals surface area contributed by atoms with Crippen molar-refractivity contribution >= 4 is 23.9 Å². The lowest BCUT2D eigenvalue weighted by Crippen LogP contribution is -2.35. The van der Waals surface area contributed by atoms with Gasteiger partial charge < -0.3 is 18.9 Å². The first kappa shape index (κ1) is 32.8. The van der Waals surface area contributed by atoms with Crippen LogP contribution < -0.4 is 0 Å². The van der Waals surface area contributed by atoms with Gasteiger partial charge >= 0.3 is 23.9 Å². The lowest BCUT2D eigenvalue weighted by molar-refractivity contribution is -0.163. The molecule has 0 saturated carbocycles. The topological polar surface area (TPSA) is 105 Å². The molecule has 0 spiro atoms. The molecule has 36 heavy (non-hydrogen) atoms. The van der Waals surface area contributed by atoms with Gasteiger partial charge in [-0.1, -0.05) is 58.4 Å². The summed E-state index contributed by atoms with van der Waals surface area (Å²) in [7, 11) is 0. The Hall–Kier alpha value is -3.16. The molecule has 0 aromatic rings. The van der Waals surface area contributed by atoms with E-state index in [-0.39, 0.29) is 6.61 Å². The zero-order valence-corrected chi connectivity index (χ0v) is 21.5. The van der Waals surface area contributed by atoms with Crippen LogP contribution in [0, 0.1) is 0 Å². The zero-order valence-electron chi connectivity index (χ0n) is 21.5. The first-order chi connectivity index (χ1) is 17.4. The minimum absolute atomic E-state index is 0.289. The van der Waals surface area contributed by atoms with Crippen LogP contribution in [-0.2, 0) is 38.1 Å². The van der Waals surface area contributed by atoms with E-state index < -0.39 is 36.1 Å². The van der Waals surface area contributed by atoms with E-state index in [9.17, 15) is 19.2 Å². The molecule has 0 fully saturated rings. The molecule has 0 radical (unpaired) electrons. The van der Waals surface area contributed by atoms with Gasteiger partial charge in [0, 0.05) is 24.3 Å². The molecule has 2 unspecified atom stereocenters. The summed E-state index contributed by atoms with van der Waals surface area (Å²) in [4.78, 5) is 45.9. The molecule has 202 valence electrons. The first-order valence-electron chi connectivity index (χ1n) is 12.6. The number of hydrogen-bond donors (Lipinski definition) is 0. The smallest absolute Gasteiger partial charge is 0.330 e. The van der Waals surface area contributed by atoms with E-state index in [1.54, 1.807) is 0 Å². The lowest BCUT2D eigenvalue weighted by Gasteiger charge is -2.26. The summed E-state index contributed by atoms with van der Waals surface area (Å²) in [6.45, 7) is 14.3. The van der Waals surface area contributed by atoms with Crippen molar-refractivity contribution < 1.29 is 38.1 Å². The van der Waals surface area contributed by atoms with E-state index in [2.05, 4.69) is 26.3 Å². The minimum atomic E-state index is -0.603. The van der Waals surface area contributed by atoms with Crippen LogP contribution in [0.3, 0.4) is 0 Å². The van der Waals surface area contributed by atoms with E-state index in [0.717, 1.165) is 75.7 Å². The maximum Gasteiger partial charge on any atom is 0.330 e. The minimum Gasteiger partial charge on any atom is -0.463 e. The predicted molar refractivity (Wildman–Crippen MR) is 138 cm³/mol. The number of carbonyl (C=O) groups excluding carboxylic acids is 4. The van der Waals surface area contributed by atoms with Crippen molar-refractivity contribution in [2.75, 3.05) is 13.2 Å². The van der Waals surface area contributed by atoms with Crippen LogP contribution in [0.1, 0.15) is 77.0 Å². The quantitative estimate of drug-likeness (QED) is 0.0793. The fourth-order valence-corrected chi connectivity index (χ4v) is 3.46. The SMILES string of the molecule is C=CC(=O)OCCCCCCCCCC(OC(=O)C=C)C(CCCCCOC(=O)C=C)OC(=O)C=C. The van der Waals surface area contributed by atoms with E-state index >= 15 is 0 Å². The summed E-state index contributed by atoms with van der Waals surface area (Å²) in [6.07, 6.45) is 13.1. The molecular weight excluding hydrogens is 464 g/mol. The van der Waals surface area contributed by atoms with Crippen molar-refractivity contribution in [2.45, 2.75) is 89.3 Å². The summed E-state index contributed by atoms with van der Waals surface area (Å²) in [5.74, 6) is -1.99. The van der Waals surface area contributed by atoms with E-state index in [0.29, 0.717) is 32.3 Å². The van der Waals surface area contributed by atoms with Gasteiger partial charge in [0.1, 0.15) is 12.2 Å². The Kier molecular flexibility index (Phi) is 20.4. The van der Waals surface area contributed by atoms with Crippen LogP contribution in [0.2, 0.25) is 0 Å². The highest BCUT2D eigenvalue weighted by Gasteiger charge is 2.27. The molecule has 0 aliphatic carbocycles. The fraction of sp³-hybridized carbons (Fsp3) is 0.571. The second-order valence-corrected chi connectivity index (χ2v) is 8.22. The van der Waals surface area contributed by atoms with Crippen molar-refractivity contribution in [1.82, 2.24) is 0 Å². The largest absolute Gasteiger partial charge is 0.463 e. The number of hydrogen-bond acceptors (Lipinski definition) is 8. The van der Waals surface area contributed by atoms with Gasteiger partial charge in [-0.05, 0) is 44.9 Å². The number of unbranched alkanes of at least 4 members (excludes halogenated alkanes) is 8. The lowest BCUT2D eigenvalue weighted by atomic mass is 9.99. The van der Waals surface area contributed by atoms with Crippen molar-refractivity contribution in [3.8, 4) is 0 Å². The van der Waals surface area contributed by atoms with Gasteiger partial charge in [0.15, 0.2) is 0 Å². The molecule has 0 aromatic carbocycles. The normalized spacial score (nSPS) is 11.9. The number of carbonyl (C=O) groups is 4. The van der Waals surface area contributed by atoms with Gasteiger partial charge in [0.25, 0.3) is 0 Å². The third kappa shape index (κ3) is 18.2. The predicted octanol–water partition coefficient (Wildman–Crippen LogP) is 5.32. The summed E-state index contributed by atoms with van der Waals surface area (Å²) < 4.78 is 21.0. The molecule has 0 N–H and O–H groups in total. The molecule has 0 aliphatic rings. The van der Waals surface area contributed by atoms with Gasteiger partial charge in [-0.15, -0.1) is 0 Å². The zero-order chi connectivity index (χ0) is 27.0. The summed E-state index contributed by atoms with van der Waals surface area (Å²) in [5, 5.41) is 0. The summed E-state index contributed by atoms with van der Waals surface area (Å²) >= 11 is 0. The Labute approximate surface area is 215 Å². The molecule has 0 aliphatic heterocycles. The van der Waals surface area contributed by atoms with Crippen molar-refractivity contribution in [3.05, 3.63) is 50.6 Å². The standard InChI is InChI=1S/C28H42O8/c1-5-25(29)33-21-17-13-11-9-10-12-15-19-23(35-27(31)7-3)24(36-28(32)8-4)20-16-14-18-22-34-26(30)6-2/h5-8,23-24H,1-4,9-22H2. The number of esters is 4. The fourth-order valence-electron chi connectivity index (χ4n) is 3.46. The van der Waals surface area contributed by atoms with Crippen LogP contribution in [0.5, 0.6) is 0 Å². The maximum atomic E-state index is 11.9. The van der Waals surface area contributed by atoms with Gasteiger partial charge in [-0.3, -0.25) is 0 Å². The molecular formula is C28H42O8. The van der Waals surface area contributed by atoms with E-state index in [1.165, 1.54) is 0 Å². The van der Waals surface area contributed by atoms with Gasteiger partial charge in [0.2, 0.25) is 0 Å². The summed E-state index contributed by atoms with van der Waals surface area (Å²) in [5.41, 5.74) is 0. The average Bonchev–Trinajstić information content (AvgIpc) is 2.89. The third-order valence-corrected chi connectivity index (χ3v) is 5.37. The van der Waals surface area contributed by atoms with Gasteiger partial charge in [-0.25, -0.2) is 19.2 Å². The highest BCUT2D eigenvalue weighted by Crippen LogP contribution is 2.20. The first-order valence-corrected chi connectivity index (χ1v) is 12.6. The van der Waals surface area contributed by atoms with Crippen molar-refractivity contribution in [3.63, 3.8) is 0 Å². The van der Waals surface area contributed by atoms with Crippen molar-refractivity contribution in [2.24, 2.45) is 0 Å². The molecule has 8 nitrogen and oxygen atoms in total. The molecule has 0 heterocycles. The van der Waals surface area contributed by atoms with Gasteiger partial charge in [-0.2, -0.15) is 0 Å². The molecule has 8 heteroatoms. The number of rotatable bonds is 23. The molecule has 0 aromatic heterocycles. The molecule has 0 amide bonds. The average molecular weight is 507 g/mol. The molecule has 0 bridgehead atoms.